The van der Waals surface area contributed by atoms with Crippen LogP contribution < -0.4 is 5.43 Å². The van der Waals surface area contributed by atoms with E-state index >= 15 is 0 Å². The van der Waals surface area contributed by atoms with Crippen molar-refractivity contribution in [1.82, 2.24) is 0 Å². The number of nitrogens with one attached hydrogen (secondary N) is 1. The van der Waals surface area contributed by atoms with E-state index in [2.05, 4.69) is 17.5 Å². The van der Waals surface area contributed by atoms with E-state index in [-0.39, 0.29) is 17.1 Å². The van der Waals surface area contributed by atoms with Gasteiger partial charge < -0.3 is 0 Å². The van der Waals surface area contributed by atoms with Crippen molar-refractivity contribution in [3.05, 3.63) is 38.4 Å². The number of rotatable bonds is 4. The Hall–Kier alpha value is -2.51. The zero-order valence-corrected chi connectivity index (χ0v) is 12.3. The Kier molecular flexibility index (Phi) is 5.03. The number of non-ortho nitro benzene ring substituents is 1. The summed E-state index contributed by atoms with van der Waals surface area (Å²) >= 11 is 0. The van der Waals surface area contributed by atoms with E-state index < -0.39 is 9.85 Å². The van der Waals surface area contributed by atoms with E-state index in [0.717, 1.165) is 37.5 Å². The molecule has 0 spiro atoms. The molecule has 1 aliphatic rings. The monoisotopic (exact) mass is 306 g/mol. The number of anilines is 1. The molecule has 8 heteroatoms. The summed E-state index contributed by atoms with van der Waals surface area (Å²) in [5.74, 6) is 0.340. The smallest absolute Gasteiger partial charge is 0.272 e. The molecule has 2 rings (SSSR count). The van der Waals surface area contributed by atoms with Gasteiger partial charge >= 0.3 is 5.69 Å². The minimum atomic E-state index is -0.657. The summed E-state index contributed by atoms with van der Waals surface area (Å²) in [7, 11) is 0. The molecule has 1 atom stereocenters. The number of nitrogens with zero attached hydrogens (tertiary/aromatic N) is 3. The van der Waals surface area contributed by atoms with Crippen LogP contribution in [0.3, 0.4) is 0 Å². The fraction of sp³-hybridized carbons (Fsp3) is 0.500. The van der Waals surface area contributed by atoms with Gasteiger partial charge in [-0.1, -0.05) is 19.8 Å². The van der Waals surface area contributed by atoms with Gasteiger partial charge in [0, 0.05) is 11.8 Å². The second-order valence-corrected chi connectivity index (χ2v) is 5.43. The lowest BCUT2D eigenvalue weighted by Gasteiger charge is -2.11. The van der Waals surface area contributed by atoms with Gasteiger partial charge in [-0.2, -0.15) is 5.10 Å². The van der Waals surface area contributed by atoms with E-state index in [1.807, 2.05) is 0 Å². The number of nitro benzene ring substituents is 2. The Morgan fingerprint density at radius 3 is 2.64 bits per heavy atom. The third-order valence-electron chi connectivity index (χ3n) is 3.85. The van der Waals surface area contributed by atoms with Gasteiger partial charge in [-0.25, -0.2) is 0 Å². The first-order valence-electron chi connectivity index (χ1n) is 7.24. The van der Waals surface area contributed by atoms with Gasteiger partial charge in [0.1, 0.15) is 5.69 Å². The highest BCUT2D eigenvalue weighted by atomic mass is 16.6. The molecule has 0 bridgehead atoms. The first kappa shape index (κ1) is 15.9. The van der Waals surface area contributed by atoms with Crippen molar-refractivity contribution < 1.29 is 9.85 Å². The van der Waals surface area contributed by atoms with Gasteiger partial charge in [-0.05, 0) is 31.2 Å². The number of hydrazone groups is 1. The molecule has 0 amide bonds. The minimum Gasteiger partial charge on any atom is -0.272 e. The van der Waals surface area contributed by atoms with Crippen LogP contribution in [0.2, 0.25) is 0 Å². The summed E-state index contributed by atoms with van der Waals surface area (Å²) in [6.45, 7) is 2.09. The lowest BCUT2D eigenvalue weighted by Crippen LogP contribution is -2.11. The Labute approximate surface area is 127 Å². The average Bonchev–Trinajstić information content (AvgIpc) is 2.69. The van der Waals surface area contributed by atoms with Crippen LogP contribution in [0.5, 0.6) is 0 Å². The summed E-state index contributed by atoms with van der Waals surface area (Å²) < 4.78 is 0. The van der Waals surface area contributed by atoms with Crippen LogP contribution in [0.4, 0.5) is 17.1 Å². The van der Waals surface area contributed by atoms with E-state index in [4.69, 9.17) is 0 Å². The summed E-state index contributed by atoms with van der Waals surface area (Å²) in [5, 5.41) is 26.1. The maximum absolute atomic E-state index is 11.1. The molecular weight excluding hydrogens is 288 g/mol. The van der Waals surface area contributed by atoms with Gasteiger partial charge in [0.15, 0.2) is 0 Å². The second-order valence-electron chi connectivity index (χ2n) is 5.43. The summed E-state index contributed by atoms with van der Waals surface area (Å²) in [6.07, 6.45) is 5.32. The van der Waals surface area contributed by atoms with Crippen LogP contribution in [0.15, 0.2) is 23.3 Å². The van der Waals surface area contributed by atoms with Crippen LogP contribution in [0.1, 0.15) is 39.0 Å². The second kappa shape index (κ2) is 6.97. The highest BCUT2D eigenvalue weighted by molar-refractivity contribution is 5.87. The molecule has 1 saturated carbocycles. The predicted octanol–water partition coefficient (Wildman–Crippen LogP) is 3.87. The molecule has 8 nitrogen and oxygen atoms in total. The van der Waals surface area contributed by atoms with Crippen molar-refractivity contribution in [2.24, 2.45) is 11.0 Å². The molecule has 1 aromatic carbocycles. The molecule has 0 saturated heterocycles. The lowest BCUT2D eigenvalue weighted by molar-refractivity contribution is -0.393. The van der Waals surface area contributed by atoms with Gasteiger partial charge in [-0.15, -0.1) is 0 Å². The first-order chi connectivity index (χ1) is 10.5. The van der Waals surface area contributed by atoms with Gasteiger partial charge in [0.25, 0.3) is 5.69 Å². The van der Waals surface area contributed by atoms with Gasteiger partial charge in [0.05, 0.1) is 15.9 Å². The topological polar surface area (TPSA) is 111 Å². The number of benzene rings is 1. The molecule has 0 heterocycles. The SMILES string of the molecule is C[C@@H]1CCCCC/C1=N\Nc1ccc([N+](=O)[O-])cc1[N+](=O)[O-]. The minimum absolute atomic E-state index is 0.166. The maximum atomic E-state index is 11.1. The predicted molar refractivity (Wildman–Crippen MR) is 83.1 cm³/mol. The molecule has 0 aliphatic heterocycles. The quantitative estimate of drug-likeness (QED) is 0.515. The van der Waals surface area contributed by atoms with Crippen LogP contribution in [0.25, 0.3) is 0 Å². The standard InChI is InChI=1S/C14H18N4O4/c1-10-5-3-2-4-6-12(10)15-16-13-8-7-11(17(19)20)9-14(13)18(21)22/h7-10,16H,2-6H2,1H3/b15-12+/t10-/m1/s1. The molecule has 0 unspecified atom stereocenters. The van der Waals surface area contributed by atoms with Gasteiger partial charge in [0.2, 0.25) is 0 Å². The first-order valence-corrected chi connectivity index (χ1v) is 7.24. The number of nitro groups is 2. The summed E-state index contributed by atoms with van der Waals surface area (Å²) in [6, 6.07) is 3.49. The third-order valence-corrected chi connectivity index (χ3v) is 3.85. The fourth-order valence-electron chi connectivity index (χ4n) is 2.52. The highest BCUT2D eigenvalue weighted by Gasteiger charge is 2.20. The summed E-state index contributed by atoms with van der Waals surface area (Å²) in [4.78, 5) is 20.5. The van der Waals surface area contributed by atoms with Crippen molar-refractivity contribution in [3.8, 4) is 0 Å². The molecule has 118 valence electrons. The van der Waals surface area contributed by atoms with E-state index in [0.29, 0.717) is 5.92 Å². The Balaban J connectivity index is 2.24. The molecule has 1 N–H and O–H groups in total. The van der Waals surface area contributed by atoms with Crippen molar-refractivity contribution in [2.45, 2.75) is 39.0 Å². The average molecular weight is 306 g/mol. The maximum Gasteiger partial charge on any atom is 0.301 e. The van der Waals surface area contributed by atoms with E-state index in [1.54, 1.807) is 0 Å². The molecule has 22 heavy (non-hydrogen) atoms. The molecule has 1 aliphatic carbocycles. The largest absolute Gasteiger partial charge is 0.301 e. The van der Waals surface area contributed by atoms with Crippen molar-refractivity contribution in [2.75, 3.05) is 5.43 Å². The lowest BCUT2D eigenvalue weighted by atomic mass is 10.0. The Morgan fingerprint density at radius 2 is 1.95 bits per heavy atom. The number of hydrogen-bond acceptors (Lipinski definition) is 6. The molecule has 1 aromatic rings. The van der Waals surface area contributed by atoms with Crippen molar-refractivity contribution >= 4 is 22.8 Å². The van der Waals surface area contributed by atoms with Crippen molar-refractivity contribution in [1.29, 1.82) is 0 Å². The Bertz CT molecular complexity index is 615. The fourth-order valence-corrected chi connectivity index (χ4v) is 2.52. The molecule has 1 fully saturated rings. The van der Waals surface area contributed by atoms with Crippen molar-refractivity contribution in [3.63, 3.8) is 0 Å². The van der Waals surface area contributed by atoms with Crippen LogP contribution in [0, 0.1) is 26.1 Å². The molecule has 0 aromatic heterocycles. The zero-order valence-electron chi connectivity index (χ0n) is 12.3. The summed E-state index contributed by atoms with van der Waals surface area (Å²) in [5.41, 5.74) is 3.21. The van der Waals surface area contributed by atoms with E-state index in [9.17, 15) is 20.2 Å². The van der Waals surface area contributed by atoms with Crippen LogP contribution in [-0.2, 0) is 0 Å². The van der Waals surface area contributed by atoms with Crippen LogP contribution in [-0.4, -0.2) is 15.6 Å². The zero-order chi connectivity index (χ0) is 16.1. The normalized spacial score (nSPS) is 20.4. The highest BCUT2D eigenvalue weighted by Crippen LogP contribution is 2.29. The third kappa shape index (κ3) is 3.78. The Morgan fingerprint density at radius 1 is 1.18 bits per heavy atom. The molecule has 0 radical (unpaired) electrons. The molecular formula is C14H18N4O4. The van der Waals surface area contributed by atoms with Crippen LogP contribution >= 0.6 is 0 Å². The number of hydrogen-bond donors (Lipinski definition) is 1. The van der Waals surface area contributed by atoms with Gasteiger partial charge in [-0.3, -0.25) is 25.7 Å². The van der Waals surface area contributed by atoms with E-state index in [1.165, 1.54) is 18.6 Å².